The first kappa shape index (κ1) is 12.6. The van der Waals surface area contributed by atoms with Gasteiger partial charge in [-0.15, -0.1) is 23.1 Å². The van der Waals surface area contributed by atoms with Crippen LogP contribution in [0.15, 0.2) is 22.0 Å². The molecule has 0 aromatic carbocycles. The van der Waals surface area contributed by atoms with Crippen molar-refractivity contribution in [3.63, 3.8) is 0 Å². The van der Waals surface area contributed by atoms with Gasteiger partial charge in [-0.3, -0.25) is 0 Å². The molecule has 2 aromatic heterocycles. The summed E-state index contributed by atoms with van der Waals surface area (Å²) in [5, 5.41) is 15.4. The van der Waals surface area contributed by atoms with Gasteiger partial charge in [-0.2, -0.15) is 4.98 Å². The lowest BCUT2D eigenvalue weighted by Crippen LogP contribution is -2.15. The maximum atomic E-state index is 9.37. The van der Waals surface area contributed by atoms with Crippen molar-refractivity contribution in [3.8, 4) is 10.8 Å². The van der Waals surface area contributed by atoms with E-state index in [1.165, 1.54) is 0 Å². The van der Waals surface area contributed by atoms with E-state index in [1.807, 2.05) is 24.4 Å². The fourth-order valence-electron chi connectivity index (χ4n) is 1.16. The Balaban J connectivity index is 1.95. The normalized spacial score (nSPS) is 14.8. The first-order valence-corrected chi connectivity index (χ1v) is 7.26. The van der Waals surface area contributed by atoms with E-state index in [0.717, 1.165) is 4.88 Å². The summed E-state index contributed by atoms with van der Waals surface area (Å²) < 4.78 is 5.18. The van der Waals surface area contributed by atoms with E-state index in [4.69, 9.17) is 4.52 Å². The molecule has 6 heteroatoms. The van der Waals surface area contributed by atoms with Crippen LogP contribution >= 0.6 is 23.1 Å². The van der Waals surface area contributed by atoms with Crippen molar-refractivity contribution < 1.29 is 9.63 Å². The highest BCUT2D eigenvalue weighted by atomic mass is 32.2. The summed E-state index contributed by atoms with van der Waals surface area (Å²) in [4.78, 5) is 5.30. The molecule has 0 saturated carbocycles. The Hall–Kier alpha value is -0.850. The topological polar surface area (TPSA) is 59.2 Å². The number of thiophene rings is 1. The number of thioether (sulfide) groups is 1. The molecule has 2 unspecified atom stereocenters. The second kappa shape index (κ2) is 5.66. The molecular weight excluding hydrogens is 256 g/mol. The Morgan fingerprint density at radius 1 is 1.53 bits per heavy atom. The van der Waals surface area contributed by atoms with Gasteiger partial charge < -0.3 is 9.63 Å². The number of rotatable bonds is 5. The van der Waals surface area contributed by atoms with Crippen LogP contribution in [-0.4, -0.2) is 26.6 Å². The number of aromatic nitrogens is 2. The molecule has 0 fully saturated rings. The van der Waals surface area contributed by atoms with Crippen molar-refractivity contribution in [1.82, 2.24) is 10.1 Å². The lowest BCUT2D eigenvalue weighted by molar-refractivity contribution is 0.196. The number of hydrogen-bond donors (Lipinski definition) is 1. The van der Waals surface area contributed by atoms with Crippen LogP contribution < -0.4 is 0 Å². The predicted octanol–water partition coefficient (Wildman–Crippen LogP) is 2.80. The second-order valence-electron chi connectivity index (χ2n) is 3.75. The van der Waals surface area contributed by atoms with Crippen molar-refractivity contribution in [2.24, 2.45) is 0 Å². The Morgan fingerprint density at radius 2 is 2.35 bits per heavy atom. The Bertz CT molecular complexity index is 454. The van der Waals surface area contributed by atoms with Gasteiger partial charge in [0.25, 0.3) is 5.89 Å². The highest BCUT2D eigenvalue weighted by molar-refractivity contribution is 7.99. The summed E-state index contributed by atoms with van der Waals surface area (Å²) in [5.74, 6) is 1.90. The lowest BCUT2D eigenvalue weighted by Gasteiger charge is -2.11. The molecule has 0 bridgehead atoms. The molecule has 17 heavy (non-hydrogen) atoms. The van der Waals surface area contributed by atoms with Crippen LogP contribution in [0.3, 0.4) is 0 Å². The van der Waals surface area contributed by atoms with E-state index in [2.05, 4.69) is 10.1 Å². The third-order valence-corrected chi connectivity index (χ3v) is 4.56. The third-order valence-electron chi connectivity index (χ3n) is 2.35. The van der Waals surface area contributed by atoms with Crippen LogP contribution in [-0.2, 0) is 5.75 Å². The van der Waals surface area contributed by atoms with Gasteiger partial charge in [-0.25, -0.2) is 0 Å². The number of hydrogen-bond acceptors (Lipinski definition) is 6. The van der Waals surface area contributed by atoms with E-state index in [1.54, 1.807) is 30.0 Å². The summed E-state index contributed by atoms with van der Waals surface area (Å²) in [6.45, 7) is 3.76. The summed E-state index contributed by atoms with van der Waals surface area (Å²) in [7, 11) is 0. The van der Waals surface area contributed by atoms with Gasteiger partial charge in [0.15, 0.2) is 5.82 Å². The Labute approximate surface area is 108 Å². The van der Waals surface area contributed by atoms with Crippen LogP contribution in [0.5, 0.6) is 0 Å². The Kier molecular flexibility index (Phi) is 4.20. The highest BCUT2D eigenvalue weighted by Gasteiger charge is 2.13. The van der Waals surface area contributed by atoms with E-state index < -0.39 is 0 Å². The van der Waals surface area contributed by atoms with Gasteiger partial charge in [0, 0.05) is 5.25 Å². The van der Waals surface area contributed by atoms with Crippen LogP contribution in [0.4, 0.5) is 0 Å². The SMILES string of the molecule is CC(O)C(C)SCc1noc(-c2cccs2)n1. The van der Waals surface area contributed by atoms with Gasteiger partial charge in [0.05, 0.1) is 16.7 Å². The molecule has 2 atom stereocenters. The molecule has 4 nitrogen and oxygen atoms in total. The molecule has 0 radical (unpaired) electrons. The maximum absolute atomic E-state index is 9.37. The summed E-state index contributed by atoms with van der Waals surface area (Å²) in [6, 6.07) is 3.90. The molecule has 2 aromatic rings. The van der Waals surface area contributed by atoms with E-state index in [0.29, 0.717) is 17.5 Å². The van der Waals surface area contributed by atoms with Crippen molar-refractivity contribution in [3.05, 3.63) is 23.3 Å². The average molecular weight is 270 g/mol. The van der Waals surface area contributed by atoms with Crippen LogP contribution in [0.2, 0.25) is 0 Å². The molecule has 0 aliphatic heterocycles. The first-order valence-electron chi connectivity index (χ1n) is 5.33. The van der Waals surface area contributed by atoms with Gasteiger partial charge in [-0.05, 0) is 18.4 Å². The van der Waals surface area contributed by atoms with Crippen LogP contribution in [0.1, 0.15) is 19.7 Å². The average Bonchev–Trinajstić information content (AvgIpc) is 2.95. The van der Waals surface area contributed by atoms with Crippen molar-refractivity contribution in [2.75, 3.05) is 0 Å². The zero-order valence-electron chi connectivity index (χ0n) is 9.66. The van der Waals surface area contributed by atoms with Crippen LogP contribution in [0.25, 0.3) is 10.8 Å². The molecule has 0 spiro atoms. The standard InChI is InChI=1S/C11H14N2O2S2/c1-7(14)8(2)17-6-10-12-11(15-13-10)9-4-3-5-16-9/h3-5,7-8,14H,6H2,1-2H3. The van der Waals surface area contributed by atoms with Gasteiger partial charge in [-0.1, -0.05) is 18.1 Å². The van der Waals surface area contributed by atoms with E-state index >= 15 is 0 Å². The predicted molar refractivity (Wildman–Crippen MR) is 70.0 cm³/mol. The minimum atomic E-state index is -0.330. The lowest BCUT2D eigenvalue weighted by atomic mass is 10.3. The quantitative estimate of drug-likeness (QED) is 0.905. The van der Waals surface area contributed by atoms with Crippen molar-refractivity contribution in [1.29, 1.82) is 0 Å². The molecule has 0 aliphatic carbocycles. The molecule has 1 N–H and O–H groups in total. The van der Waals surface area contributed by atoms with Crippen molar-refractivity contribution >= 4 is 23.1 Å². The second-order valence-corrected chi connectivity index (χ2v) is 6.06. The van der Waals surface area contributed by atoms with E-state index in [9.17, 15) is 5.11 Å². The molecule has 0 saturated heterocycles. The summed E-state index contributed by atoms with van der Waals surface area (Å²) >= 11 is 3.19. The van der Waals surface area contributed by atoms with E-state index in [-0.39, 0.29) is 11.4 Å². The van der Waals surface area contributed by atoms with Crippen molar-refractivity contribution in [2.45, 2.75) is 31.0 Å². The Morgan fingerprint density at radius 3 is 3.00 bits per heavy atom. The zero-order chi connectivity index (χ0) is 12.3. The van der Waals surface area contributed by atoms with Crippen LogP contribution in [0, 0.1) is 0 Å². The van der Waals surface area contributed by atoms with Gasteiger partial charge in [0.1, 0.15) is 0 Å². The molecular formula is C11H14N2O2S2. The summed E-state index contributed by atoms with van der Waals surface area (Å²) in [5.41, 5.74) is 0. The summed E-state index contributed by atoms with van der Waals surface area (Å²) in [6.07, 6.45) is -0.330. The number of nitrogens with zero attached hydrogens (tertiary/aromatic N) is 2. The number of aliphatic hydroxyl groups excluding tert-OH is 1. The molecule has 92 valence electrons. The molecule has 0 amide bonds. The minimum Gasteiger partial charge on any atom is -0.392 e. The largest absolute Gasteiger partial charge is 0.392 e. The zero-order valence-corrected chi connectivity index (χ0v) is 11.3. The highest BCUT2D eigenvalue weighted by Crippen LogP contribution is 2.24. The monoisotopic (exact) mass is 270 g/mol. The molecule has 2 rings (SSSR count). The first-order chi connectivity index (χ1) is 8.16. The molecule has 2 heterocycles. The fourth-order valence-corrected chi connectivity index (χ4v) is 2.61. The molecule has 0 aliphatic rings. The fraction of sp³-hybridized carbons (Fsp3) is 0.455. The minimum absolute atomic E-state index is 0.165. The van der Waals surface area contributed by atoms with Gasteiger partial charge in [0.2, 0.25) is 0 Å². The maximum Gasteiger partial charge on any atom is 0.268 e. The van der Waals surface area contributed by atoms with Gasteiger partial charge >= 0.3 is 0 Å². The number of aliphatic hydroxyl groups is 1. The smallest absolute Gasteiger partial charge is 0.268 e. The third kappa shape index (κ3) is 3.31.